The minimum Gasteiger partial charge on any atom is -0.312 e. The number of H-pyrrole nitrogens is 1. The van der Waals surface area contributed by atoms with Gasteiger partial charge in [0, 0.05) is 4.88 Å². The minimum absolute atomic E-state index is 0.101. The average molecular weight is 283 g/mol. The Morgan fingerprint density at radius 1 is 1.47 bits per heavy atom. The number of hydrogen-bond acceptors (Lipinski definition) is 4. The summed E-state index contributed by atoms with van der Waals surface area (Å²) in [4.78, 5) is 20.3. The molecular weight excluding hydrogens is 276 g/mol. The summed E-state index contributed by atoms with van der Waals surface area (Å²) in [6.07, 6.45) is 1.42. The lowest BCUT2D eigenvalue weighted by Crippen LogP contribution is -2.02. The molecule has 3 nitrogen and oxygen atoms in total. The fourth-order valence-corrected chi connectivity index (χ4v) is 4.06. The maximum Gasteiger partial charge on any atom is 0.268 e. The van der Waals surface area contributed by atoms with Crippen LogP contribution in [0.2, 0.25) is 5.02 Å². The van der Waals surface area contributed by atoms with Gasteiger partial charge in [-0.25, -0.2) is 4.98 Å². The van der Waals surface area contributed by atoms with Gasteiger partial charge in [0.2, 0.25) is 0 Å². The van der Waals surface area contributed by atoms with Crippen molar-refractivity contribution in [1.29, 1.82) is 0 Å². The van der Waals surface area contributed by atoms with Gasteiger partial charge in [0.15, 0.2) is 0 Å². The third kappa shape index (κ3) is 1.71. The zero-order valence-electron chi connectivity index (χ0n) is 8.78. The maximum absolute atomic E-state index is 11.6. The summed E-state index contributed by atoms with van der Waals surface area (Å²) in [5.41, 5.74) is 1.68. The van der Waals surface area contributed by atoms with E-state index in [1.54, 1.807) is 11.3 Å². The van der Waals surface area contributed by atoms with Crippen LogP contribution in [-0.2, 0) is 0 Å². The van der Waals surface area contributed by atoms with Gasteiger partial charge in [-0.05, 0) is 23.9 Å². The van der Waals surface area contributed by atoms with Crippen LogP contribution in [0.5, 0.6) is 0 Å². The first-order valence-corrected chi connectivity index (χ1v) is 6.95. The largest absolute Gasteiger partial charge is 0.312 e. The number of halogens is 1. The van der Waals surface area contributed by atoms with Crippen molar-refractivity contribution >= 4 is 44.5 Å². The fraction of sp³-hybridized carbons (Fsp3) is 0.0909. The van der Waals surface area contributed by atoms with Crippen LogP contribution in [0.4, 0.5) is 0 Å². The molecule has 0 saturated carbocycles. The SMILES string of the molecule is Cc1csc(-c2cc3nc[nH]c(=O)c3s2)c1Cl. The summed E-state index contributed by atoms with van der Waals surface area (Å²) in [6, 6.07) is 1.91. The molecule has 0 aliphatic heterocycles. The molecule has 6 heteroatoms. The van der Waals surface area contributed by atoms with Gasteiger partial charge < -0.3 is 4.98 Å². The van der Waals surface area contributed by atoms with Gasteiger partial charge in [0.1, 0.15) is 4.70 Å². The predicted octanol–water partition coefficient (Wildman–Crippen LogP) is 3.67. The molecule has 3 aromatic heterocycles. The molecule has 0 saturated heterocycles. The summed E-state index contributed by atoms with van der Waals surface area (Å²) in [5, 5.41) is 2.78. The van der Waals surface area contributed by atoms with Crippen LogP contribution >= 0.6 is 34.3 Å². The van der Waals surface area contributed by atoms with Crippen LogP contribution in [0.3, 0.4) is 0 Å². The highest BCUT2D eigenvalue weighted by molar-refractivity contribution is 7.25. The second-order valence-electron chi connectivity index (χ2n) is 3.62. The summed E-state index contributed by atoms with van der Waals surface area (Å²) in [5.74, 6) is 0. The Kier molecular flexibility index (Phi) is 2.54. The van der Waals surface area contributed by atoms with E-state index in [0.29, 0.717) is 4.70 Å². The summed E-state index contributed by atoms with van der Waals surface area (Å²) in [6.45, 7) is 1.97. The molecule has 0 amide bonds. The lowest BCUT2D eigenvalue weighted by Gasteiger charge is -1.92. The summed E-state index contributed by atoms with van der Waals surface area (Å²) >= 11 is 9.23. The van der Waals surface area contributed by atoms with Gasteiger partial charge in [0.25, 0.3) is 5.56 Å². The monoisotopic (exact) mass is 282 g/mol. The van der Waals surface area contributed by atoms with Crippen molar-refractivity contribution in [2.45, 2.75) is 6.92 Å². The van der Waals surface area contributed by atoms with E-state index >= 15 is 0 Å². The highest BCUT2D eigenvalue weighted by Crippen LogP contribution is 2.40. The van der Waals surface area contributed by atoms with Gasteiger partial charge in [-0.3, -0.25) is 4.79 Å². The molecule has 0 radical (unpaired) electrons. The number of nitrogens with zero attached hydrogens (tertiary/aromatic N) is 1. The van der Waals surface area contributed by atoms with E-state index < -0.39 is 0 Å². The van der Waals surface area contributed by atoms with E-state index in [0.717, 1.165) is 25.9 Å². The van der Waals surface area contributed by atoms with Crippen LogP contribution in [0, 0.1) is 6.92 Å². The molecule has 17 heavy (non-hydrogen) atoms. The third-order valence-electron chi connectivity index (χ3n) is 2.44. The molecule has 3 aromatic rings. The Balaban J connectivity index is 2.29. The third-order valence-corrected chi connectivity index (χ3v) is 5.44. The standard InChI is InChI=1S/C11H7ClN2OS2/c1-5-3-16-10(8(5)12)7-2-6-9(17-7)11(15)14-4-13-6/h2-4H,1H3,(H,13,14,15). The molecule has 0 aromatic carbocycles. The maximum atomic E-state index is 11.6. The van der Waals surface area contributed by atoms with E-state index in [2.05, 4.69) is 9.97 Å². The van der Waals surface area contributed by atoms with Crippen molar-refractivity contribution in [3.05, 3.63) is 38.7 Å². The Bertz CT molecular complexity index is 756. The average Bonchev–Trinajstić information content (AvgIpc) is 2.85. The number of aromatic nitrogens is 2. The zero-order chi connectivity index (χ0) is 12.0. The second-order valence-corrected chi connectivity index (χ2v) is 5.93. The van der Waals surface area contributed by atoms with E-state index in [1.807, 2.05) is 18.4 Å². The normalized spacial score (nSPS) is 11.2. The van der Waals surface area contributed by atoms with Gasteiger partial charge >= 0.3 is 0 Å². The van der Waals surface area contributed by atoms with Crippen molar-refractivity contribution in [1.82, 2.24) is 9.97 Å². The second kappa shape index (κ2) is 3.94. The Morgan fingerprint density at radius 2 is 2.29 bits per heavy atom. The lowest BCUT2D eigenvalue weighted by molar-refractivity contribution is 1.18. The van der Waals surface area contributed by atoms with E-state index in [1.165, 1.54) is 17.7 Å². The molecular formula is C11H7ClN2OS2. The first kappa shape index (κ1) is 11.0. The molecule has 0 fully saturated rings. The highest BCUT2D eigenvalue weighted by Gasteiger charge is 2.13. The number of aryl methyl sites for hydroxylation is 1. The van der Waals surface area contributed by atoms with Crippen LogP contribution < -0.4 is 5.56 Å². The molecule has 0 spiro atoms. The van der Waals surface area contributed by atoms with Crippen LogP contribution in [-0.4, -0.2) is 9.97 Å². The van der Waals surface area contributed by atoms with Gasteiger partial charge in [0.05, 0.1) is 21.7 Å². The molecule has 3 heterocycles. The number of thiophene rings is 2. The van der Waals surface area contributed by atoms with E-state index in [4.69, 9.17) is 11.6 Å². The Morgan fingerprint density at radius 3 is 2.94 bits per heavy atom. The van der Waals surface area contributed by atoms with Crippen molar-refractivity contribution in [2.24, 2.45) is 0 Å². The van der Waals surface area contributed by atoms with Crippen molar-refractivity contribution in [3.63, 3.8) is 0 Å². The molecule has 86 valence electrons. The van der Waals surface area contributed by atoms with Crippen molar-refractivity contribution < 1.29 is 0 Å². The fourth-order valence-electron chi connectivity index (χ4n) is 1.57. The predicted molar refractivity (Wildman–Crippen MR) is 73.3 cm³/mol. The molecule has 3 rings (SSSR count). The smallest absolute Gasteiger partial charge is 0.268 e. The number of rotatable bonds is 1. The van der Waals surface area contributed by atoms with Crippen LogP contribution in [0.15, 0.2) is 22.6 Å². The van der Waals surface area contributed by atoms with Gasteiger partial charge in [-0.2, -0.15) is 0 Å². The summed E-state index contributed by atoms with van der Waals surface area (Å²) < 4.78 is 0.643. The van der Waals surface area contributed by atoms with Gasteiger partial charge in [-0.1, -0.05) is 11.6 Å². The zero-order valence-corrected chi connectivity index (χ0v) is 11.2. The first-order chi connectivity index (χ1) is 8.16. The molecule has 0 bridgehead atoms. The van der Waals surface area contributed by atoms with Crippen molar-refractivity contribution in [2.75, 3.05) is 0 Å². The number of aromatic amines is 1. The van der Waals surface area contributed by atoms with E-state index in [9.17, 15) is 4.79 Å². The molecule has 0 atom stereocenters. The highest BCUT2D eigenvalue weighted by atomic mass is 35.5. The molecule has 0 aliphatic rings. The molecule has 0 aliphatic carbocycles. The van der Waals surface area contributed by atoms with Crippen molar-refractivity contribution in [3.8, 4) is 9.75 Å². The first-order valence-electron chi connectivity index (χ1n) is 4.88. The number of hydrogen-bond donors (Lipinski definition) is 1. The van der Waals surface area contributed by atoms with E-state index in [-0.39, 0.29) is 5.56 Å². The quantitative estimate of drug-likeness (QED) is 0.740. The van der Waals surface area contributed by atoms with Gasteiger partial charge in [-0.15, -0.1) is 22.7 Å². The topological polar surface area (TPSA) is 45.8 Å². The number of nitrogens with one attached hydrogen (secondary N) is 1. The minimum atomic E-state index is -0.101. The lowest BCUT2D eigenvalue weighted by atomic mass is 10.3. The molecule has 1 N–H and O–H groups in total. The number of fused-ring (bicyclic) bond motifs is 1. The Labute approximate surface area is 110 Å². The Hall–Kier alpha value is -1.17. The molecule has 0 unspecified atom stereocenters. The van der Waals surface area contributed by atoms with Crippen LogP contribution in [0.1, 0.15) is 5.56 Å². The van der Waals surface area contributed by atoms with Crippen LogP contribution in [0.25, 0.3) is 20.0 Å². The summed E-state index contributed by atoms with van der Waals surface area (Å²) in [7, 11) is 0.